The van der Waals surface area contributed by atoms with E-state index in [4.69, 9.17) is 9.90 Å². The van der Waals surface area contributed by atoms with Gasteiger partial charge in [0.15, 0.2) is 0 Å². The molecule has 2 aliphatic heterocycles. The normalized spacial score (nSPS) is 23.9. The first-order valence-electron chi connectivity index (χ1n) is 11.5. The summed E-state index contributed by atoms with van der Waals surface area (Å²) in [6.07, 6.45) is -1.36. The summed E-state index contributed by atoms with van der Waals surface area (Å²) in [5, 5.41) is 13.6. The second-order valence-corrected chi connectivity index (χ2v) is 9.06. The van der Waals surface area contributed by atoms with Crippen LogP contribution in [0, 0.1) is 12.7 Å². The largest absolute Gasteiger partial charge is 0.490 e. The highest BCUT2D eigenvalue weighted by Gasteiger charge is 2.48. The number of hydrogen-bond donors (Lipinski definition) is 3. The van der Waals surface area contributed by atoms with E-state index in [-0.39, 0.29) is 5.91 Å². The molecule has 0 bridgehead atoms. The van der Waals surface area contributed by atoms with Gasteiger partial charge in [-0.25, -0.2) is 9.18 Å². The van der Waals surface area contributed by atoms with Crippen molar-refractivity contribution in [1.29, 1.82) is 0 Å². The molecule has 6 nitrogen and oxygen atoms in total. The van der Waals surface area contributed by atoms with Gasteiger partial charge in [0, 0.05) is 55.7 Å². The number of likely N-dealkylation sites (tertiary alicyclic amines) is 1. The smallest absolute Gasteiger partial charge is 0.475 e. The van der Waals surface area contributed by atoms with E-state index >= 15 is 0 Å². The number of aliphatic carboxylic acids is 1. The topological polar surface area (TPSA) is 78.4 Å². The molecule has 2 saturated heterocycles. The number of quaternary nitrogens is 1. The van der Waals surface area contributed by atoms with Gasteiger partial charge in [-0.3, -0.25) is 9.28 Å². The Hall–Kier alpha value is -2.98. The number of anilines is 1. The molecular formula is C25H30F4N3O3+. The second kappa shape index (κ2) is 10.7. The molecule has 2 heterocycles. The monoisotopic (exact) mass is 496 g/mol. The summed E-state index contributed by atoms with van der Waals surface area (Å²) in [5.41, 5.74) is 3.21. The lowest BCUT2D eigenvalue weighted by atomic mass is 10.1. The Balaban J connectivity index is 0.000000429. The van der Waals surface area contributed by atoms with Crippen LogP contribution in [0.25, 0.3) is 0 Å². The molecule has 10 heteroatoms. The molecule has 2 aromatic carbocycles. The summed E-state index contributed by atoms with van der Waals surface area (Å²) in [7, 11) is 0. The molecule has 2 fully saturated rings. The van der Waals surface area contributed by atoms with Crippen LogP contribution in [0.3, 0.4) is 0 Å². The molecule has 0 spiro atoms. The first-order valence-corrected chi connectivity index (χ1v) is 11.5. The van der Waals surface area contributed by atoms with Gasteiger partial charge in [0.1, 0.15) is 17.5 Å². The molecule has 190 valence electrons. The molecule has 0 radical (unpaired) electrons. The van der Waals surface area contributed by atoms with Crippen molar-refractivity contribution < 1.29 is 32.3 Å². The van der Waals surface area contributed by atoms with Crippen LogP contribution in [0.4, 0.5) is 28.9 Å². The van der Waals surface area contributed by atoms with E-state index in [0.29, 0.717) is 17.6 Å². The lowest BCUT2D eigenvalue weighted by molar-refractivity contribution is -0.192. The first-order chi connectivity index (χ1) is 16.4. The van der Waals surface area contributed by atoms with E-state index in [1.54, 1.807) is 6.07 Å². The van der Waals surface area contributed by atoms with Crippen molar-refractivity contribution >= 4 is 23.3 Å². The van der Waals surface area contributed by atoms with Crippen molar-refractivity contribution in [2.75, 3.05) is 25.0 Å². The van der Waals surface area contributed by atoms with Gasteiger partial charge in [0.25, 0.3) is 5.91 Å². The highest BCUT2D eigenvalue weighted by atomic mass is 19.4. The fourth-order valence-electron chi connectivity index (χ4n) is 5.13. The number of rotatable bonds is 4. The summed E-state index contributed by atoms with van der Waals surface area (Å²) in [6, 6.07) is 13.8. The maximum absolute atomic E-state index is 13.5. The van der Waals surface area contributed by atoms with E-state index in [0.717, 1.165) is 28.8 Å². The van der Waals surface area contributed by atoms with Crippen molar-refractivity contribution in [3.8, 4) is 0 Å². The maximum atomic E-state index is 13.5. The molecule has 3 unspecified atom stereocenters. The molecule has 3 atom stereocenters. The fraction of sp³-hybridized carbons (Fsp3) is 0.440. The Labute approximate surface area is 201 Å². The number of carbonyl (C=O) groups excluding carboxylic acids is 1. The Morgan fingerprint density at radius 2 is 1.77 bits per heavy atom. The third kappa shape index (κ3) is 5.99. The lowest BCUT2D eigenvalue weighted by Crippen LogP contribution is -2.59. The minimum atomic E-state index is -5.08. The van der Waals surface area contributed by atoms with Gasteiger partial charge in [0.05, 0.1) is 12.6 Å². The highest BCUT2D eigenvalue weighted by molar-refractivity contribution is 6.05. The van der Waals surface area contributed by atoms with Gasteiger partial charge in [-0.1, -0.05) is 6.07 Å². The first kappa shape index (κ1) is 26.6. The van der Waals surface area contributed by atoms with Crippen molar-refractivity contribution in [3.05, 3.63) is 59.4 Å². The Morgan fingerprint density at radius 1 is 1.11 bits per heavy atom. The van der Waals surface area contributed by atoms with Gasteiger partial charge in [-0.05, 0) is 43.7 Å². The minimum absolute atomic E-state index is 0.275. The summed E-state index contributed by atoms with van der Waals surface area (Å²) < 4.78 is 46.3. The Morgan fingerprint density at radius 3 is 2.29 bits per heavy atom. The van der Waals surface area contributed by atoms with Crippen molar-refractivity contribution in [2.24, 2.45) is 0 Å². The van der Waals surface area contributed by atoms with E-state index in [1.807, 2.05) is 19.1 Å². The number of benzene rings is 2. The maximum Gasteiger partial charge on any atom is 0.490 e. The van der Waals surface area contributed by atoms with Gasteiger partial charge < -0.3 is 15.7 Å². The number of halogens is 4. The van der Waals surface area contributed by atoms with E-state index in [1.165, 1.54) is 43.6 Å². The van der Waals surface area contributed by atoms with Crippen molar-refractivity contribution in [2.45, 2.75) is 51.4 Å². The third-order valence-electron chi connectivity index (χ3n) is 6.92. The van der Waals surface area contributed by atoms with E-state index < -0.39 is 18.0 Å². The van der Waals surface area contributed by atoms with Crippen LogP contribution < -0.4 is 15.1 Å². The van der Waals surface area contributed by atoms with Crippen LogP contribution in [-0.2, 0) is 4.79 Å². The SMILES string of the molecule is Cc1ccc(F)cc1C(=O)Nc1ccc([N+]2(C3CCNC3)CCCC2C)cc1.O=C(O)C(F)(F)F. The summed E-state index contributed by atoms with van der Waals surface area (Å²) in [5.74, 6) is -3.43. The average Bonchev–Trinajstić information content (AvgIpc) is 3.46. The zero-order valence-electron chi connectivity index (χ0n) is 19.7. The van der Waals surface area contributed by atoms with Crippen LogP contribution in [-0.4, -0.2) is 54.9 Å². The van der Waals surface area contributed by atoms with Gasteiger partial charge in [-0.15, -0.1) is 0 Å². The zero-order chi connectivity index (χ0) is 25.8. The number of nitrogens with zero attached hydrogens (tertiary/aromatic N) is 1. The number of carboxylic acid groups (broad SMARTS) is 1. The molecule has 2 aromatic rings. The van der Waals surface area contributed by atoms with Crippen LogP contribution >= 0.6 is 0 Å². The number of amides is 1. The van der Waals surface area contributed by atoms with Crippen LogP contribution in [0.1, 0.15) is 42.1 Å². The number of nitrogens with one attached hydrogen (secondary N) is 2. The molecule has 0 saturated carbocycles. The second-order valence-electron chi connectivity index (χ2n) is 9.06. The van der Waals surface area contributed by atoms with Gasteiger partial charge in [0.2, 0.25) is 0 Å². The van der Waals surface area contributed by atoms with Crippen LogP contribution in [0.15, 0.2) is 42.5 Å². The summed E-state index contributed by atoms with van der Waals surface area (Å²) in [6.45, 7) is 7.53. The van der Waals surface area contributed by atoms with Crippen LogP contribution in [0.5, 0.6) is 0 Å². The highest BCUT2D eigenvalue weighted by Crippen LogP contribution is 2.39. The summed E-state index contributed by atoms with van der Waals surface area (Å²) >= 11 is 0. The Bertz CT molecular complexity index is 1050. The lowest BCUT2D eigenvalue weighted by Gasteiger charge is -2.43. The van der Waals surface area contributed by atoms with Gasteiger partial charge in [-0.2, -0.15) is 13.2 Å². The molecular weight excluding hydrogens is 466 g/mol. The van der Waals surface area contributed by atoms with Crippen LogP contribution in [0.2, 0.25) is 0 Å². The number of alkyl halides is 3. The molecule has 4 rings (SSSR count). The number of carbonyl (C=O) groups is 2. The predicted octanol–water partition coefficient (Wildman–Crippen LogP) is 4.87. The van der Waals surface area contributed by atoms with E-state index in [9.17, 15) is 22.4 Å². The zero-order valence-corrected chi connectivity index (χ0v) is 19.7. The molecule has 35 heavy (non-hydrogen) atoms. The van der Waals surface area contributed by atoms with Crippen molar-refractivity contribution in [1.82, 2.24) is 9.80 Å². The number of hydrogen-bond acceptors (Lipinski definition) is 3. The quantitative estimate of drug-likeness (QED) is 0.417. The predicted molar refractivity (Wildman–Crippen MR) is 126 cm³/mol. The molecule has 0 aliphatic carbocycles. The number of aryl methyl sites for hydroxylation is 1. The summed E-state index contributed by atoms with van der Waals surface area (Å²) in [4.78, 5) is 21.5. The number of carboxylic acids is 1. The van der Waals surface area contributed by atoms with E-state index in [2.05, 4.69) is 29.7 Å². The third-order valence-corrected chi connectivity index (χ3v) is 6.92. The Kier molecular flexibility index (Phi) is 8.17. The fourth-order valence-corrected chi connectivity index (χ4v) is 5.13. The standard InChI is InChI=1S/C23H28FN3O.C2HF3O2/c1-16-5-6-18(24)14-22(16)23(28)26-19-7-9-20(10-8-19)27(13-3-4-17(27)2)21-11-12-25-15-21;3-2(4,5)1(6)7/h5-10,14,17,21,25H,3-4,11-13,15H2,1-2H3;(H,6,7)/p+1. The van der Waals surface area contributed by atoms with Gasteiger partial charge >= 0.3 is 12.1 Å². The average molecular weight is 497 g/mol. The molecule has 0 aromatic heterocycles. The van der Waals surface area contributed by atoms with Crippen molar-refractivity contribution in [3.63, 3.8) is 0 Å². The minimum Gasteiger partial charge on any atom is -0.475 e. The molecule has 1 amide bonds. The molecule has 3 N–H and O–H groups in total. The molecule has 2 aliphatic rings.